The van der Waals surface area contributed by atoms with Crippen molar-refractivity contribution in [2.75, 3.05) is 19.6 Å². The van der Waals surface area contributed by atoms with Crippen LogP contribution in [0.15, 0.2) is 50.6 Å². The number of nitrogens with one attached hydrogen (secondary N) is 1. The van der Waals surface area contributed by atoms with Crippen LogP contribution in [-0.2, 0) is 10.0 Å². The van der Waals surface area contributed by atoms with Gasteiger partial charge in [-0.2, -0.15) is 0 Å². The zero-order valence-corrected chi connectivity index (χ0v) is 18.3. The Hall–Kier alpha value is -2.07. The summed E-state index contributed by atoms with van der Waals surface area (Å²) in [6.07, 6.45) is 3.73. The molecule has 0 spiro atoms. The molecule has 30 heavy (non-hydrogen) atoms. The fourth-order valence-electron chi connectivity index (χ4n) is 4.71. The zero-order valence-electron chi connectivity index (χ0n) is 16.7. The minimum absolute atomic E-state index is 0.224. The molecule has 3 aromatic rings. The molecule has 3 aliphatic rings. The fourth-order valence-corrected chi connectivity index (χ4v) is 6.82. The first kappa shape index (κ1) is 19.9. The van der Waals surface area contributed by atoms with Crippen molar-refractivity contribution in [2.24, 2.45) is 5.92 Å². The van der Waals surface area contributed by atoms with E-state index in [0.717, 1.165) is 48.9 Å². The van der Waals surface area contributed by atoms with Crippen molar-refractivity contribution >= 4 is 21.4 Å². The van der Waals surface area contributed by atoms with E-state index in [0.29, 0.717) is 22.6 Å². The lowest BCUT2D eigenvalue weighted by molar-refractivity contribution is 0.0317. The van der Waals surface area contributed by atoms with E-state index in [-0.39, 0.29) is 6.04 Å². The molecule has 1 N–H and O–H groups in total. The van der Waals surface area contributed by atoms with E-state index in [9.17, 15) is 8.42 Å². The maximum Gasteiger partial charge on any atom is 0.250 e. The van der Waals surface area contributed by atoms with Crippen molar-refractivity contribution < 1.29 is 12.8 Å². The van der Waals surface area contributed by atoms with Crippen LogP contribution in [-0.4, -0.2) is 49.0 Å². The van der Waals surface area contributed by atoms with Gasteiger partial charge in [-0.3, -0.25) is 4.90 Å². The summed E-state index contributed by atoms with van der Waals surface area (Å²) in [6, 6.07) is 9.45. The quantitative estimate of drug-likeness (QED) is 0.628. The Morgan fingerprint density at radius 3 is 2.90 bits per heavy atom. The summed E-state index contributed by atoms with van der Waals surface area (Å²) in [4.78, 5) is 11.7. The molecule has 6 rings (SSSR count). The summed E-state index contributed by atoms with van der Waals surface area (Å²) in [5.41, 5.74) is 1.88. The third-order valence-corrected chi connectivity index (χ3v) is 8.98. The summed E-state index contributed by atoms with van der Waals surface area (Å²) in [7, 11) is -3.42. The predicted molar refractivity (Wildman–Crippen MR) is 115 cm³/mol. The minimum Gasteiger partial charge on any atom is -0.463 e. The highest BCUT2D eigenvalue weighted by atomic mass is 32.2. The van der Waals surface area contributed by atoms with Gasteiger partial charge in [0.2, 0.25) is 10.0 Å². The molecule has 0 saturated carbocycles. The lowest BCUT2D eigenvalue weighted by atomic mass is 9.74. The first-order chi connectivity index (χ1) is 14.5. The van der Waals surface area contributed by atoms with Crippen molar-refractivity contribution in [3.8, 4) is 11.5 Å². The molecule has 158 valence electrons. The summed E-state index contributed by atoms with van der Waals surface area (Å²) < 4.78 is 33.6. The van der Waals surface area contributed by atoms with Gasteiger partial charge in [-0.25, -0.2) is 23.1 Å². The van der Waals surface area contributed by atoms with Gasteiger partial charge in [-0.1, -0.05) is 6.07 Å². The first-order valence-corrected chi connectivity index (χ1v) is 12.5. The van der Waals surface area contributed by atoms with Gasteiger partial charge in [-0.05, 0) is 61.9 Å². The van der Waals surface area contributed by atoms with Crippen LogP contribution >= 0.6 is 11.3 Å². The minimum atomic E-state index is -3.42. The number of nitrogens with zero attached hydrogens (tertiary/aromatic N) is 3. The zero-order chi connectivity index (χ0) is 20.7. The third-order valence-electron chi connectivity index (χ3n) is 6.16. The number of thiophene rings is 1. The summed E-state index contributed by atoms with van der Waals surface area (Å²) in [6.45, 7) is 4.26. The van der Waals surface area contributed by atoms with E-state index >= 15 is 0 Å². The summed E-state index contributed by atoms with van der Waals surface area (Å²) in [5, 5.41) is 1.78. The Morgan fingerprint density at radius 2 is 2.20 bits per heavy atom. The van der Waals surface area contributed by atoms with Crippen molar-refractivity contribution in [1.82, 2.24) is 19.6 Å². The van der Waals surface area contributed by atoms with Crippen LogP contribution in [0.1, 0.15) is 30.3 Å². The molecule has 0 aromatic carbocycles. The maximum atomic E-state index is 12.5. The van der Waals surface area contributed by atoms with Crippen LogP contribution in [0, 0.1) is 12.8 Å². The molecular weight excluding hydrogens is 420 g/mol. The van der Waals surface area contributed by atoms with Gasteiger partial charge in [0.25, 0.3) is 0 Å². The van der Waals surface area contributed by atoms with Crippen molar-refractivity contribution in [3.63, 3.8) is 0 Å². The molecule has 6 heterocycles. The Bertz CT molecular complexity index is 1110. The standard InChI is InChI=1S/C21H24N4O3S2/c1-14-23-18(11-19(24-14)20-4-2-8-28-20)17-13-25-7-6-15(17)10-16(25)12-22-30(26,27)21-5-3-9-29-21/h2-5,8-9,11,15-17,22H,6-7,10,12-13H2,1H3. The molecule has 0 aliphatic carbocycles. The normalized spacial score (nSPS) is 26.2. The molecule has 0 radical (unpaired) electrons. The molecule has 0 amide bonds. The van der Waals surface area contributed by atoms with Gasteiger partial charge in [-0.15, -0.1) is 11.3 Å². The third kappa shape index (κ3) is 3.82. The molecule has 2 bridgehead atoms. The maximum absolute atomic E-state index is 12.5. The Morgan fingerprint density at radius 1 is 1.30 bits per heavy atom. The number of aryl methyl sites for hydroxylation is 1. The van der Waals surface area contributed by atoms with E-state index in [1.165, 1.54) is 11.3 Å². The van der Waals surface area contributed by atoms with Gasteiger partial charge < -0.3 is 4.42 Å². The van der Waals surface area contributed by atoms with Crippen LogP contribution in [0.3, 0.4) is 0 Å². The second-order valence-electron chi connectivity index (χ2n) is 8.03. The van der Waals surface area contributed by atoms with Crippen LogP contribution in [0.5, 0.6) is 0 Å². The molecule has 7 nitrogen and oxygen atoms in total. The molecule has 3 saturated heterocycles. The van der Waals surface area contributed by atoms with E-state index in [2.05, 4.69) is 14.6 Å². The highest BCUT2D eigenvalue weighted by Crippen LogP contribution is 2.41. The smallest absolute Gasteiger partial charge is 0.250 e. The number of fused-ring (bicyclic) bond motifs is 3. The molecular formula is C21H24N4O3S2. The number of rotatable bonds is 6. The van der Waals surface area contributed by atoms with Crippen LogP contribution in [0.4, 0.5) is 0 Å². The van der Waals surface area contributed by atoms with Gasteiger partial charge in [0.1, 0.15) is 15.7 Å². The number of hydrogen-bond donors (Lipinski definition) is 1. The van der Waals surface area contributed by atoms with Crippen LogP contribution in [0.25, 0.3) is 11.5 Å². The number of hydrogen-bond acceptors (Lipinski definition) is 7. The van der Waals surface area contributed by atoms with Crippen LogP contribution < -0.4 is 4.72 Å². The van der Waals surface area contributed by atoms with E-state index < -0.39 is 10.0 Å². The Kier molecular flexibility index (Phi) is 5.22. The lowest BCUT2D eigenvalue weighted by Crippen LogP contribution is -2.56. The van der Waals surface area contributed by atoms with Gasteiger partial charge in [0.15, 0.2) is 5.76 Å². The highest BCUT2D eigenvalue weighted by Gasteiger charge is 2.41. The molecule has 3 aliphatic heterocycles. The Balaban J connectivity index is 1.30. The number of aromatic nitrogens is 2. The van der Waals surface area contributed by atoms with Crippen LogP contribution in [0.2, 0.25) is 0 Å². The second-order valence-corrected chi connectivity index (χ2v) is 11.0. The van der Waals surface area contributed by atoms with Gasteiger partial charge in [0.05, 0.1) is 6.26 Å². The molecule has 9 heteroatoms. The largest absolute Gasteiger partial charge is 0.463 e. The predicted octanol–water partition coefficient (Wildman–Crippen LogP) is 3.26. The van der Waals surface area contributed by atoms with E-state index in [1.54, 1.807) is 23.8 Å². The number of furan rings is 1. The number of sulfonamides is 1. The summed E-state index contributed by atoms with van der Waals surface area (Å²) >= 11 is 1.25. The van der Waals surface area contributed by atoms with Crippen molar-refractivity contribution in [1.29, 1.82) is 0 Å². The Labute approximate surface area is 180 Å². The van der Waals surface area contributed by atoms with Gasteiger partial charge in [0, 0.05) is 30.7 Å². The highest BCUT2D eigenvalue weighted by molar-refractivity contribution is 7.91. The van der Waals surface area contributed by atoms with E-state index in [4.69, 9.17) is 9.40 Å². The van der Waals surface area contributed by atoms with Crippen molar-refractivity contribution in [2.45, 2.75) is 35.9 Å². The second kappa shape index (κ2) is 7.88. The molecule has 4 unspecified atom stereocenters. The molecule has 4 atom stereocenters. The first-order valence-electron chi connectivity index (χ1n) is 10.2. The van der Waals surface area contributed by atoms with Gasteiger partial charge >= 0.3 is 0 Å². The van der Waals surface area contributed by atoms with Crippen molar-refractivity contribution in [3.05, 3.63) is 53.5 Å². The number of piperidine rings is 3. The summed E-state index contributed by atoms with van der Waals surface area (Å²) in [5.74, 6) is 2.32. The average Bonchev–Trinajstić information content (AvgIpc) is 3.47. The molecule has 3 aromatic heterocycles. The van der Waals surface area contributed by atoms with E-state index in [1.807, 2.05) is 25.1 Å². The SMILES string of the molecule is Cc1nc(-c2ccco2)cc(C2CN3CCC2CC3CNS(=O)(=O)c2cccs2)n1. The average molecular weight is 445 g/mol. The topological polar surface area (TPSA) is 88.3 Å². The monoisotopic (exact) mass is 444 g/mol. The fraction of sp³-hybridized carbons (Fsp3) is 0.429. The lowest BCUT2D eigenvalue weighted by Gasteiger charge is -2.49. The molecule has 3 fully saturated rings.